The first kappa shape index (κ1) is 25.9. The molecule has 4 nitrogen and oxygen atoms in total. The van der Waals surface area contributed by atoms with Crippen LogP contribution in [0.5, 0.6) is 0 Å². The molecule has 0 spiro atoms. The highest BCUT2D eigenvalue weighted by atomic mass is 35.5. The average Bonchev–Trinajstić information content (AvgIpc) is 3.30. The van der Waals surface area contributed by atoms with Crippen molar-refractivity contribution in [1.29, 1.82) is 0 Å². The minimum absolute atomic E-state index is 0.117. The number of nitrogens with one attached hydrogen (secondary N) is 1. The molecule has 1 unspecified atom stereocenters. The van der Waals surface area contributed by atoms with Gasteiger partial charge < -0.3 is 10.2 Å². The fraction of sp³-hybridized carbons (Fsp3) is 0.440. The van der Waals surface area contributed by atoms with Gasteiger partial charge in [0.1, 0.15) is 11.9 Å². The molecule has 3 rings (SSSR count). The Kier molecular flexibility index (Phi) is 9.90. The Morgan fingerprint density at radius 3 is 2.48 bits per heavy atom. The van der Waals surface area contributed by atoms with Crippen LogP contribution in [0.25, 0.3) is 0 Å². The van der Waals surface area contributed by atoms with Crippen molar-refractivity contribution in [2.75, 3.05) is 5.75 Å². The molecule has 2 amide bonds. The van der Waals surface area contributed by atoms with Crippen LogP contribution in [0.1, 0.15) is 50.2 Å². The Balaban J connectivity index is 1.72. The predicted octanol–water partition coefficient (Wildman–Crippen LogP) is 6.23. The van der Waals surface area contributed by atoms with Gasteiger partial charge in [0.15, 0.2) is 0 Å². The summed E-state index contributed by atoms with van der Waals surface area (Å²) in [5.74, 6) is -0.282. The van der Waals surface area contributed by atoms with E-state index in [1.807, 2.05) is 19.1 Å². The molecule has 1 atom stereocenters. The van der Waals surface area contributed by atoms with E-state index in [1.165, 1.54) is 17.8 Å². The highest BCUT2D eigenvalue weighted by Gasteiger charge is 2.30. The summed E-state index contributed by atoms with van der Waals surface area (Å²) in [6.45, 7) is 2.21. The maximum Gasteiger partial charge on any atom is 0.243 e. The van der Waals surface area contributed by atoms with Gasteiger partial charge in [0.05, 0.1) is 5.75 Å². The molecule has 2 aromatic rings. The second kappa shape index (κ2) is 12.6. The van der Waals surface area contributed by atoms with Crippen LogP contribution in [0.4, 0.5) is 4.39 Å². The van der Waals surface area contributed by atoms with Crippen molar-refractivity contribution in [3.63, 3.8) is 0 Å². The van der Waals surface area contributed by atoms with Crippen molar-refractivity contribution in [3.8, 4) is 0 Å². The van der Waals surface area contributed by atoms with Crippen molar-refractivity contribution >= 4 is 46.8 Å². The fourth-order valence-corrected chi connectivity index (χ4v) is 5.44. The van der Waals surface area contributed by atoms with E-state index in [-0.39, 0.29) is 35.2 Å². The normalized spacial score (nSPS) is 14.8. The van der Waals surface area contributed by atoms with Crippen LogP contribution in [-0.4, -0.2) is 34.6 Å². The average molecular weight is 511 g/mol. The van der Waals surface area contributed by atoms with Gasteiger partial charge in [0.2, 0.25) is 11.8 Å². The number of hydrogen-bond donors (Lipinski definition) is 1. The molecule has 0 heterocycles. The first-order valence-electron chi connectivity index (χ1n) is 11.2. The monoisotopic (exact) mass is 510 g/mol. The first-order chi connectivity index (χ1) is 15.9. The third-order valence-corrected chi connectivity index (χ3v) is 7.44. The van der Waals surface area contributed by atoms with Crippen molar-refractivity contribution < 1.29 is 14.0 Å². The Morgan fingerprint density at radius 1 is 1.15 bits per heavy atom. The molecule has 0 radical (unpaired) electrons. The SMILES string of the molecule is CCC(C(=O)NC1CCCC1)N(Cc1ccc(Cl)cc1)C(=O)CSCc1c(F)cccc1Cl. The molecule has 0 aromatic heterocycles. The van der Waals surface area contributed by atoms with Crippen molar-refractivity contribution in [2.45, 2.75) is 63.4 Å². The summed E-state index contributed by atoms with van der Waals surface area (Å²) < 4.78 is 14.1. The van der Waals surface area contributed by atoms with E-state index >= 15 is 0 Å². The molecule has 1 aliphatic rings. The van der Waals surface area contributed by atoms with Gasteiger partial charge in [-0.15, -0.1) is 11.8 Å². The summed E-state index contributed by atoms with van der Waals surface area (Å²) in [6.07, 6.45) is 4.69. The molecule has 178 valence electrons. The topological polar surface area (TPSA) is 49.4 Å². The molecule has 0 saturated heterocycles. The fourth-order valence-electron chi connectivity index (χ4n) is 4.07. The van der Waals surface area contributed by atoms with Crippen molar-refractivity contribution in [2.24, 2.45) is 0 Å². The largest absolute Gasteiger partial charge is 0.352 e. The number of amides is 2. The third-order valence-electron chi connectivity index (χ3n) is 5.89. The van der Waals surface area contributed by atoms with E-state index in [9.17, 15) is 14.0 Å². The van der Waals surface area contributed by atoms with Gasteiger partial charge in [-0.3, -0.25) is 9.59 Å². The smallest absolute Gasteiger partial charge is 0.243 e. The number of hydrogen-bond acceptors (Lipinski definition) is 3. The second-order valence-electron chi connectivity index (χ2n) is 8.26. The Hall–Kier alpha value is -1.76. The number of nitrogens with zero attached hydrogens (tertiary/aromatic N) is 1. The standard InChI is InChI=1S/C25H29Cl2FN2O2S/c1-2-23(25(32)29-19-6-3-4-7-19)30(14-17-10-12-18(26)13-11-17)24(31)16-33-15-20-21(27)8-5-9-22(20)28/h5,8-13,19,23H,2-4,6-7,14-16H2,1H3,(H,29,32). The van der Waals surface area contributed by atoms with Gasteiger partial charge in [-0.25, -0.2) is 4.39 Å². The highest BCUT2D eigenvalue weighted by molar-refractivity contribution is 7.99. The molecule has 1 N–H and O–H groups in total. The quantitative estimate of drug-likeness (QED) is 0.411. The lowest BCUT2D eigenvalue weighted by Gasteiger charge is -2.31. The van der Waals surface area contributed by atoms with Gasteiger partial charge in [-0.1, -0.05) is 61.2 Å². The van der Waals surface area contributed by atoms with E-state index in [1.54, 1.807) is 29.2 Å². The van der Waals surface area contributed by atoms with E-state index in [0.29, 0.717) is 28.6 Å². The lowest BCUT2D eigenvalue weighted by molar-refractivity contribution is -0.139. The molecule has 8 heteroatoms. The lowest BCUT2D eigenvalue weighted by atomic mass is 10.1. The molecule has 0 bridgehead atoms. The van der Waals surface area contributed by atoms with Gasteiger partial charge in [-0.05, 0) is 49.1 Å². The summed E-state index contributed by atoms with van der Waals surface area (Å²) in [6, 6.07) is 11.4. The van der Waals surface area contributed by atoms with Crippen LogP contribution >= 0.6 is 35.0 Å². The van der Waals surface area contributed by atoms with Gasteiger partial charge >= 0.3 is 0 Å². The van der Waals surface area contributed by atoms with E-state index in [0.717, 1.165) is 31.2 Å². The maximum absolute atomic E-state index is 14.1. The maximum atomic E-state index is 14.1. The number of carbonyl (C=O) groups excluding carboxylic acids is 2. The minimum atomic E-state index is -0.577. The Morgan fingerprint density at radius 2 is 1.85 bits per heavy atom. The summed E-state index contributed by atoms with van der Waals surface area (Å²) in [5, 5.41) is 4.08. The Labute approximate surface area is 209 Å². The van der Waals surface area contributed by atoms with E-state index in [4.69, 9.17) is 23.2 Å². The Bertz CT molecular complexity index is 932. The highest BCUT2D eigenvalue weighted by Crippen LogP contribution is 2.25. The van der Waals surface area contributed by atoms with Gasteiger partial charge in [0.25, 0.3) is 0 Å². The van der Waals surface area contributed by atoms with Crippen LogP contribution in [0.2, 0.25) is 10.0 Å². The molecule has 2 aromatic carbocycles. The molecular formula is C25H29Cl2FN2O2S. The number of benzene rings is 2. The number of rotatable bonds is 10. The van der Waals surface area contributed by atoms with Crippen molar-refractivity contribution in [1.82, 2.24) is 10.2 Å². The van der Waals surface area contributed by atoms with Crippen LogP contribution in [0.15, 0.2) is 42.5 Å². The van der Waals surface area contributed by atoms with Crippen LogP contribution in [0.3, 0.4) is 0 Å². The van der Waals surface area contributed by atoms with Gasteiger partial charge in [-0.2, -0.15) is 0 Å². The summed E-state index contributed by atoms with van der Waals surface area (Å²) >= 11 is 13.4. The molecule has 1 fully saturated rings. The zero-order valence-corrected chi connectivity index (χ0v) is 21.0. The van der Waals surface area contributed by atoms with Gasteiger partial charge in [0, 0.05) is 33.9 Å². The summed E-state index contributed by atoms with van der Waals surface area (Å²) in [7, 11) is 0. The second-order valence-corrected chi connectivity index (χ2v) is 10.1. The number of carbonyl (C=O) groups is 2. The van der Waals surface area contributed by atoms with E-state index < -0.39 is 6.04 Å². The predicted molar refractivity (Wildman–Crippen MR) is 134 cm³/mol. The van der Waals surface area contributed by atoms with Crippen LogP contribution in [0, 0.1) is 5.82 Å². The number of thioether (sulfide) groups is 1. The van der Waals surface area contributed by atoms with Crippen molar-refractivity contribution in [3.05, 3.63) is 69.5 Å². The van der Waals surface area contributed by atoms with Crippen LogP contribution in [-0.2, 0) is 21.9 Å². The molecule has 1 saturated carbocycles. The zero-order chi connectivity index (χ0) is 23.8. The summed E-state index contributed by atoms with van der Waals surface area (Å²) in [4.78, 5) is 28.0. The van der Waals surface area contributed by atoms with E-state index in [2.05, 4.69) is 5.32 Å². The zero-order valence-electron chi connectivity index (χ0n) is 18.7. The molecule has 33 heavy (non-hydrogen) atoms. The third kappa shape index (κ3) is 7.36. The summed E-state index contributed by atoms with van der Waals surface area (Å²) in [5.41, 5.74) is 1.27. The molecular weight excluding hydrogens is 482 g/mol. The molecule has 1 aliphatic carbocycles. The first-order valence-corrected chi connectivity index (χ1v) is 13.1. The lowest BCUT2D eigenvalue weighted by Crippen LogP contribution is -2.51. The molecule has 0 aliphatic heterocycles. The minimum Gasteiger partial charge on any atom is -0.352 e. The number of halogens is 3. The van der Waals surface area contributed by atoms with Crippen LogP contribution < -0.4 is 5.32 Å².